The minimum absolute atomic E-state index is 0.0745. The number of rotatable bonds is 3. The zero-order chi connectivity index (χ0) is 10.7. The van der Waals surface area contributed by atoms with Gasteiger partial charge < -0.3 is 9.84 Å². The Balaban J connectivity index is 4.01. The molecule has 0 aliphatic heterocycles. The quantitative estimate of drug-likeness (QED) is 0.567. The summed E-state index contributed by atoms with van der Waals surface area (Å²) >= 11 is 8.46. The molecule has 0 spiro atoms. The molecule has 0 aromatic carbocycles. The van der Waals surface area contributed by atoms with Gasteiger partial charge in [-0.2, -0.15) is 0 Å². The molecular formula is C9H18O2S2. The predicted molar refractivity (Wildman–Crippen MR) is 62.2 cm³/mol. The highest BCUT2D eigenvalue weighted by atomic mass is 32.1. The fraction of sp³-hybridized carbons (Fsp3) is 0.889. The highest BCUT2D eigenvalue weighted by molar-refractivity contribution is 8.10. The lowest BCUT2D eigenvalue weighted by molar-refractivity contribution is -0.0213. The van der Waals surface area contributed by atoms with E-state index in [-0.39, 0.29) is 16.4 Å². The summed E-state index contributed by atoms with van der Waals surface area (Å²) in [4.78, 5) is 0. The van der Waals surface area contributed by atoms with Gasteiger partial charge in [-0.15, -0.1) is 0 Å². The van der Waals surface area contributed by atoms with E-state index in [4.69, 9.17) is 4.74 Å². The molecule has 0 saturated carbocycles. The molecular weight excluding hydrogens is 204 g/mol. The van der Waals surface area contributed by atoms with Crippen LogP contribution in [0.4, 0.5) is 0 Å². The second-order valence-electron chi connectivity index (χ2n) is 4.79. The van der Waals surface area contributed by atoms with Crippen molar-refractivity contribution in [1.82, 2.24) is 0 Å². The van der Waals surface area contributed by atoms with Gasteiger partial charge in [0.05, 0.1) is 5.60 Å². The summed E-state index contributed by atoms with van der Waals surface area (Å²) in [6, 6.07) is 0. The highest BCUT2D eigenvalue weighted by Crippen LogP contribution is 2.27. The second kappa shape index (κ2) is 4.62. The fourth-order valence-electron chi connectivity index (χ4n) is 1.41. The third-order valence-corrected chi connectivity index (χ3v) is 1.66. The van der Waals surface area contributed by atoms with Crippen molar-refractivity contribution in [3.63, 3.8) is 0 Å². The van der Waals surface area contributed by atoms with Gasteiger partial charge in [-0.05, 0) is 31.0 Å². The summed E-state index contributed by atoms with van der Waals surface area (Å²) in [5.74, 6) is 0. The minimum atomic E-state index is -0.842. The van der Waals surface area contributed by atoms with Gasteiger partial charge in [-0.3, -0.25) is 0 Å². The van der Waals surface area contributed by atoms with Gasteiger partial charge in [0, 0.05) is 0 Å². The number of thiocarbonyl (C=S) groups is 1. The Kier molecular flexibility index (Phi) is 4.69. The maximum absolute atomic E-state index is 9.88. The van der Waals surface area contributed by atoms with Crippen LogP contribution in [0.25, 0.3) is 0 Å². The van der Waals surface area contributed by atoms with Crippen molar-refractivity contribution in [3.05, 3.63) is 0 Å². The molecule has 0 bridgehead atoms. The average molecular weight is 222 g/mol. The molecule has 1 N–H and O–H groups in total. The van der Waals surface area contributed by atoms with Gasteiger partial charge in [0.25, 0.3) is 0 Å². The van der Waals surface area contributed by atoms with E-state index in [1.165, 1.54) is 0 Å². The van der Waals surface area contributed by atoms with E-state index in [0.717, 1.165) is 0 Å². The van der Waals surface area contributed by atoms with Crippen molar-refractivity contribution < 1.29 is 9.84 Å². The molecule has 0 amide bonds. The molecule has 0 heterocycles. The molecule has 1 atom stereocenters. The molecule has 78 valence electrons. The Bertz CT molecular complexity index is 183. The predicted octanol–water partition coefficient (Wildman–Crippen LogP) is 2.40. The van der Waals surface area contributed by atoms with Crippen molar-refractivity contribution in [3.8, 4) is 0 Å². The lowest BCUT2D eigenvalue weighted by Crippen LogP contribution is -2.35. The Hall–Kier alpha value is 0.200. The first kappa shape index (κ1) is 13.2. The SMILES string of the molecule is CC(C)(C)CC(C)(O)COC(=S)S. The van der Waals surface area contributed by atoms with Crippen molar-refractivity contribution in [2.24, 2.45) is 5.41 Å². The van der Waals surface area contributed by atoms with Crippen LogP contribution in [0.1, 0.15) is 34.1 Å². The van der Waals surface area contributed by atoms with Crippen LogP contribution < -0.4 is 0 Å². The topological polar surface area (TPSA) is 29.5 Å². The van der Waals surface area contributed by atoms with E-state index in [1.807, 2.05) is 0 Å². The molecule has 0 saturated heterocycles. The van der Waals surface area contributed by atoms with Gasteiger partial charge >= 0.3 is 0 Å². The minimum Gasteiger partial charge on any atom is -0.476 e. The number of hydrogen-bond acceptors (Lipinski definition) is 3. The Labute approximate surface area is 91.1 Å². The van der Waals surface area contributed by atoms with E-state index >= 15 is 0 Å². The molecule has 0 aromatic rings. The van der Waals surface area contributed by atoms with E-state index in [9.17, 15) is 5.11 Å². The van der Waals surface area contributed by atoms with Gasteiger partial charge in [-0.1, -0.05) is 33.4 Å². The molecule has 0 aliphatic rings. The smallest absolute Gasteiger partial charge is 0.216 e. The molecule has 0 aromatic heterocycles. The van der Waals surface area contributed by atoms with E-state index in [2.05, 4.69) is 45.6 Å². The molecule has 1 unspecified atom stereocenters. The van der Waals surface area contributed by atoms with Crippen LogP contribution in [-0.4, -0.2) is 21.7 Å². The fourth-order valence-corrected chi connectivity index (χ4v) is 1.53. The molecule has 13 heavy (non-hydrogen) atoms. The van der Waals surface area contributed by atoms with Crippen molar-refractivity contribution in [2.75, 3.05) is 6.61 Å². The van der Waals surface area contributed by atoms with Crippen LogP contribution in [0.3, 0.4) is 0 Å². The molecule has 2 nitrogen and oxygen atoms in total. The molecule has 0 rings (SSSR count). The van der Waals surface area contributed by atoms with Crippen LogP contribution in [0.15, 0.2) is 0 Å². The van der Waals surface area contributed by atoms with E-state index in [0.29, 0.717) is 6.42 Å². The molecule has 0 fully saturated rings. The monoisotopic (exact) mass is 222 g/mol. The summed E-state index contributed by atoms with van der Waals surface area (Å²) in [5, 5.41) is 9.88. The number of thiol groups is 1. The standard InChI is InChI=1S/C9H18O2S2/c1-8(2,3)5-9(4,10)6-11-7(12)13/h10H,5-6H2,1-4H3,(H,12,13). The highest BCUT2D eigenvalue weighted by Gasteiger charge is 2.28. The van der Waals surface area contributed by atoms with Crippen LogP contribution in [0.5, 0.6) is 0 Å². The van der Waals surface area contributed by atoms with Crippen LogP contribution in [0, 0.1) is 5.41 Å². The van der Waals surface area contributed by atoms with Crippen molar-refractivity contribution in [2.45, 2.75) is 39.7 Å². The first-order chi connectivity index (χ1) is 5.62. The zero-order valence-electron chi connectivity index (χ0n) is 8.63. The lowest BCUT2D eigenvalue weighted by Gasteiger charge is -2.30. The summed E-state index contributed by atoms with van der Waals surface area (Å²) in [5.41, 5.74) is -0.768. The van der Waals surface area contributed by atoms with Gasteiger partial charge in [-0.25, -0.2) is 0 Å². The van der Waals surface area contributed by atoms with Crippen molar-refractivity contribution in [1.29, 1.82) is 0 Å². The van der Waals surface area contributed by atoms with Crippen LogP contribution in [0.2, 0.25) is 0 Å². The maximum atomic E-state index is 9.88. The number of hydrogen-bond donors (Lipinski definition) is 2. The van der Waals surface area contributed by atoms with Crippen LogP contribution >= 0.6 is 24.8 Å². The average Bonchev–Trinajstić information content (AvgIpc) is 1.78. The summed E-state index contributed by atoms with van der Waals surface area (Å²) in [6.07, 6.45) is 0.663. The van der Waals surface area contributed by atoms with Crippen molar-refractivity contribution >= 4 is 29.2 Å². The van der Waals surface area contributed by atoms with E-state index in [1.54, 1.807) is 6.92 Å². The third kappa shape index (κ3) is 8.53. The first-order valence-electron chi connectivity index (χ1n) is 4.20. The summed E-state index contributed by atoms with van der Waals surface area (Å²) in [6.45, 7) is 8.15. The Morgan fingerprint density at radius 3 is 2.15 bits per heavy atom. The lowest BCUT2D eigenvalue weighted by atomic mass is 9.83. The third-order valence-electron chi connectivity index (χ3n) is 1.42. The second-order valence-corrected chi connectivity index (χ2v) is 5.87. The largest absolute Gasteiger partial charge is 0.476 e. The number of aliphatic hydroxyl groups is 1. The molecule has 4 heteroatoms. The summed E-state index contributed by atoms with van der Waals surface area (Å²) in [7, 11) is 0. The number of ether oxygens (including phenoxy) is 1. The first-order valence-corrected chi connectivity index (χ1v) is 5.06. The van der Waals surface area contributed by atoms with Gasteiger partial charge in [0.1, 0.15) is 6.61 Å². The zero-order valence-corrected chi connectivity index (χ0v) is 10.3. The van der Waals surface area contributed by atoms with Gasteiger partial charge in [0.2, 0.25) is 4.38 Å². The molecule has 0 aliphatic carbocycles. The maximum Gasteiger partial charge on any atom is 0.216 e. The Morgan fingerprint density at radius 1 is 1.38 bits per heavy atom. The Morgan fingerprint density at radius 2 is 1.85 bits per heavy atom. The van der Waals surface area contributed by atoms with Crippen LogP contribution in [-0.2, 0) is 4.74 Å². The van der Waals surface area contributed by atoms with E-state index < -0.39 is 5.60 Å². The molecule has 0 radical (unpaired) electrons. The summed E-state index contributed by atoms with van der Waals surface area (Å²) < 4.78 is 5.17. The van der Waals surface area contributed by atoms with Gasteiger partial charge in [0.15, 0.2) is 0 Å². The normalized spacial score (nSPS) is 16.5.